The number of morpholine rings is 1. The van der Waals surface area contributed by atoms with E-state index in [1.54, 1.807) is 0 Å². The molecule has 0 unspecified atom stereocenters. The van der Waals surface area contributed by atoms with E-state index in [1.807, 2.05) is 12.5 Å². The van der Waals surface area contributed by atoms with Crippen molar-refractivity contribution in [1.82, 2.24) is 14.5 Å². The Balaban J connectivity index is 1.38. The summed E-state index contributed by atoms with van der Waals surface area (Å²) in [7, 11) is 0. The average molecular weight is 263 g/mol. The molecule has 4 nitrogen and oxygen atoms in total. The van der Waals surface area contributed by atoms with E-state index in [4.69, 9.17) is 4.74 Å². The number of nitrogens with zero attached hydrogens (tertiary/aromatic N) is 3. The molecule has 0 radical (unpaired) electrons. The van der Waals surface area contributed by atoms with E-state index < -0.39 is 0 Å². The molecule has 1 aliphatic heterocycles. The van der Waals surface area contributed by atoms with Gasteiger partial charge in [0.1, 0.15) is 0 Å². The van der Waals surface area contributed by atoms with Crippen molar-refractivity contribution in [2.45, 2.75) is 26.3 Å². The smallest absolute Gasteiger partial charge is 0.0945 e. The Bertz CT molecular complexity index is 373. The third-order valence-electron chi connectivity index (χ3n) is 5.01. The number of rotatable bonds is 5. The maximum absolute atomic E-state index is 5.41. The fourth-order valence-electron chi connectivity index (χ4n) is 3.48. The van der Waals surface area contributed by atoms with E-state index in [0.29, 0.717) is 0 Å². The molecule has 3 rings (SSSR count). The molecule has 0 aromatic carbocycles. The molecule has 106 valence electrons. The van der Waals surface area contributed by atoms with Crippen LogP contribution in [0.15, 0.2) is 18.7 Å². The fourth-order valence-corrected chi connectivity index (χ4v) is 3.48. The van der Waals surface area contributed by atoms with E-state index in [1.165, 1.54) is 19.4 Å². The maximum atomic E-state index is 5.41. The van der Waals surface area contributed by atoms with Gasteiger partial charge in [0.15, 0.2) is 0 Å². The third-order valence-corrected chi connectivity index (χ3v) is 5.01. The van der Waals surface area contributed by atoms with Gasteiger partial charge in [-0.1, -0.05) is 6.92 Å². The molecule has 1 aromatic heterocycles. The number of hydrogen-bond donors (Lipinski definition) is 0. The average Bonchev–Trinajstić information content (AvgIpc) is 2.96. The van der Waals surface area contributed by atoms with Gasteiger partial charge in [-0.05, 0) is 30.6 Å². The summed E-state index contributed by atoms with van der Waals surface area (Å²) < 4.78 is 7.61. The van der Waals surface area contributed by atoms with Crippen molar-refractivity contribution in [2.24, 2.45) is 17.8 Å². The van der Waals surface area contributed by atoms with Crippen LogP contribution in [0.4, 0.5) is 0 Å². The second kappa shape index (κ2) is 6.06. The Morgan fingerprint density at radius 1 is 1.26 bits per heavy atom. The highest BCUT2D eigenvalue weighted by Crippen LogP contribution is 2.42. The standard InChI is InChI=1S/C15H25N3O/c1-13-14(2-4-18-5-3-16-12-18)10-15(13)11-17-6-8-19-9-7-17/h3,5,12-15H,2,4,6-11H2,1H3/t13-,14-,15-/m0/s1. The molecule has 0 amide bonds. The largest absolute Gasteiger partial charge is 0.379 e. The number of hydrogen-bond acceptors (Lipinski definition) is 3. The summed E-state index contributed by atoms with van der Waals surface area (Å²) in [5, 5.41) is 0. The molecule has 1 saturated heterocycles. The summed E-state index contributed by atoms with van der Waals surface area (Å²) in [6, 6.07) is 0. The van der Waals surface area contributed by atoms with Crippen molar-refractivity contribution in [2.75, 3.05) is 32.8 Å². The second-order valence-electron chi connectivity index (χ2n) is 6.12. The highest BCUT2D eigenvalue weighted by atomic mass is 16.5. The van der Waals surface area contributed by atoms with Crippen LogP contribution < -0.4 is 0 Å². The zero-order valence-corrected chi connectivity index (χ0v) is 11.9. The molecule has 2 aliphatic rings. The van der Waals surface area contributed by atoms with Crippen LogP contribution in [-0.2, 0) is 11.3 Å². The number of aryl methyl sites for hydroxylation is 1. The van der Waals surface area contributed by atoms with Crippen molar-refractivity contribution >= 4 is 0 Å². The molecule has 2 fully saturated rings. The van der Waals surface area contributed by atoms with Gasteiger partial charge in [0.25, 0.3) is 0 Å². The lowest BCUT2D eigenvalue weighted by atomic mass is 9.64. The lowest BCUT2D eigenvalue weighted by Gasteiger charge is -2.46. The molecule has 19 heavy (non-hydrogen) atoms. The van der Waals surface area contributed by atoms with E-state index in [2.05, 4.69) is 27.6 Å². The van der Waals surface area contributed by atoms with Gasteiger partial charge in [0.2, 0.25) is 0 Å². The molecule has 0 N–H and O–H groups in total. The van der Waals surface area contributed by atoms with Crippen LogP contribution in [0, 0.1) is 17.8 Å². The molecule has 0 spiro atoms. The van der Waals surface area contributed by atoms with Gasteiger partial charge < -0.3 is 9.30 Å². The van der Waals surface area contributed by atoms with Gasteiger partial charge in [-0.3, -0.25) is 4.90 Å². The molecule has 0 bridgehead atoms. The lowest BCUT2D eigenvalue weighted by Crippen LogP contribution is -2.46. The predicted octanol–water partition coefficient (Wildman–Crippen LogP) is 1.88. The minimum absolute atomic E-state index is 0.881. The predicted molar refractivity (Wildman–Crippen MR) is 74.9 cm³/mol. The van der Waals surface area contributed by atoms with Crippen molar-refractivity contribution in [3.8, 4) is 0 Å². The summed E-state index contributed by atoms with van der Waals surface area (Å²) in [5.74, 6) is 2.70. The Kier molecular flexibility index (Phi) is 4.18. The minimum Gasteiger partial charge on any atom is -0.379 e. The molecule has 1 saturated carbocycles. The minimum atomic E-state index is 0.881. The van der Waals surface area contributed by atoms with Gasteiger partial charge in [0.05, 0.1) is 19.5 Å². The number of ether oxygens (including phenoxy) is 1. The van der Waals surface area contributed by atoms with Crippen LogP contribution in [0.3, 0.4) is 0 Å². The zero-order chi connectivity index (χ0) is 13.1. The monoisotopic (exact) mass is 263 g/mol. The van der Waals surface area contributed by atoms with Crippen molar-refractivity contribution in [3.63, 3.8) is 0 Å². The zero-order valence-electron chi connectivity index (χ0n) is 11.9. The number of aromatic nitrogens is 2. The Hall–Kier alpha value is -0.870. The second-order valence-corrected chi connectivity index (χ2v) is 6.12. The van der Waals surface area contributed by atoms with E-state index >= 15 is 0 Å². The SMILES string of the molecule is C[C@H]1[C@@H](CCn2ccnc2)C[C@H]1CN1CCOCC1. The van der Waals surface area contributed by atoms with Crippen LogP contribution >= 0.6 is 0 Å². The fraction of sp³-hybridized carbons (Fsp3) is 0.800. The summed E-state index contributed by atoms with van der Waals surface area (Å²) in [4.78, 5) is 6.68. The third kappa shape index (κ3) is 3.18. The van der Waals surface area contributed by atoms with E-state index in [0.717, 1.165) is 50.6 Å². The lowest BCUT2D eigenvalue weighted by molar-refractivity contribution is -0.00643. The van der Waals surface area contributed by atoms with Gasteiger partial charge in [-0.15, -0.1) is 0 Å². The molecule has 1 aromatic rings. The summed E-state index contributed by atoms with van der Waals surface area (Å²) in [6.07, 6.45) is 8.57. The molecule has 2 heterocycles. The van der Waals surface area contributed by atoms with Gasteiger partial charge in [-0.25, -0.2) is 4.98 Å². The van der Waals surface area contributed by atoms with Gasteiger partial charge in [-0.2, -0.15) is 0 Å². The maximum Gasteiger partial charge on any atom is 0.0945 e. The topological polar surface area (TPSA) is 30.3 Å². The molecular formula is C15H25N3O. The van der Waals surface area contributed by atoms with Crippen molar-refractivity contribution in [1.29, 1.82) is 0 Å². The normalized spacial score (nSPS) is 32.2. The van der Waals surface area contributed by atoms with Gasteiger partial charge in [0, 0.05) is 38.6 Å². The highest BCUT2D eigenvalue weighted by molar-refractivity contribution is 4.89. The molecule has 4 heteroatoms. The van der Waals surface area contributed by atoms with Crippen LogP contribution in [0.1, 0.15) is 19.8 Å². The van der Waals surface area contributed by atoms with E-state index in [-0.39, 0.29) is 0 Å². The van der Waals surface area contributed by atoms with E-state index in [9.17, 15) is 0 Å². The summed E-state index contributed by atoms with van der Waals surface area (Å²) in [6.45, 7) is 8.95. The Labute approximate surface area is 115 Å². The first-order valence-corrected chi connectivity index (χ1v) is 7.59. The number of imidazole rings is 1. The quantitative estimate of drug-likeness (QED) is 0.812. The van der Waals surface area contributed by atoms with Crippen LogP contribution in [0.25, 0.3) is 0 Å². The Morgan fingerprint density at radius 2 is 2.11 bits per heavy atom. The molecule has 3 atom stereocenters. The van der Waals surface area contributed by atoms with Crippen molar-refractivity contribution < 1.29 is 4.74 Å². The summed E-state index contributed by atoms with van der Waals surface area (Å²) in [5.41, 5.74) is 0. The van der Waals surface area contributed by atoms with Crippen molar-refractivity contribution in [3.05, 3.63) is 18.7 Å². The van der Waals surface area contributed by atoms with Crippen LogP contribution in [0.2, 0.25) is 0 Å². The first-order chi connectivity index (χ1) is 9.33. The first-order valence-electron chi connectivity index (χ1n) is 7.59. The highest BCUT2D eigenvalue weighted by Gasteiger charge is 2.37. The Morgan fingerprint density at radius 3 is 2.79 bits per heavy atom. The van der Waals surface area contributed by atoms with Crippen LogP contribution in [0.5, 0.6) is 0 Å². The van der Waals surface area contributed by atoms with Gasteiger partial charge >= 0.3 is 0 Å². The summed E-state index contributed by atoms with van der Waals surface area (Å²) >= 11 is 0. The molecular weight excluding hydrogens is 238 g/mol. The van der Waals surface area contributed by atoms with Crippen LogP contribution in [-0.4, -0.2) is 47.3 Å². The first kappa shape index (κ1) is 13.1. The molecule has 1 aliphatic carbocycles.